The number of rotatable bonds is 4. The summed E-state index contributed by atoms with van der Waals surface area (Å²) in [5.74, 6) is -1.16. The van der Waals surface area contributed by atoms with Gasteiger partial charge >= 0.3 is 6.18 Å². The standard InChI is InChI=1S/C11H14F3N3O2/c1-2-3-4-8-7-10(19,11(12,13)14)17(16-8)9(18)5-6-15/h19H,2-5,7H2,1H3/t10-/m1/s1. The van der Waals surface area contributed by atoms with Crippen molar-refractivity contribution in [3.63, 3.8) is 0 Å². The molecule has 0 saturated heterocycles. The normalized spacial score (nSPS) is 23.2. The second-order valence-electron chi connectivity index (χ2n) is 4.30. The lowest BCUT2D eigenvalue weighted by atomic mass is 10.0. The van der Waals surface area contributed by atoms with Crippen LogP contribution in [0, 0.1) is 11.3 Å². The van der Waals surface area contributed by atoms with Crippen molar-refractivity contribution < 1.29 is 23.1 Å². The van der Waals surface area contributed by atoms with Gasteiger partial charge in [-0.3, -0.25) is 4.79 Å². The molecule has 0 aromatic carbocycles. The second-order valence-corrected chi connectivity index (χ2v) is 4.30. The molecule has 0 saturated carbocycles. The van der Waals surface area contributed by atoms with Gasteiger partial charge in [-0.05, 0) is 12.8 Å². The molecule has 1 aliphatic heterocycles. The molecule has 1 N–H and O–H groups in total. The molecule has 0 fully saturated rings. The van der Waals surface area contributed by atoms with Gasteiger partial charge in [-0.2, -0.15) is 28.5 Å². The molecule has 0 radical (unpaired) electrons. The molecule has 8 heteroatoms. The molecule has 1 heterocycles. The summed E-state index contributed by atoms with van der Waals surface area (Å²) in [6.45, 7) is 1.87. The van der Waals surface area contributed by atoms with Gasteiger partial charge in [0.1, 0.15) is 6.42 Å². The van der Waals surface area contributed by atoms with Crippen molar-refractivity contribution in [2.45, 2.75) is 50.9 Å². The van der Waals surface area contributed by atoms with Crippen molar-refractivity contribution in [1.29, 1.82) is 5.26 Å². The Hall–Kier alpha value is -1.62. The van der Waals surface area contributed by atoms with Crippen LogP contribution in [0.1, 0.15) is 39.0 Å². The quantitative estimate of drug-likeness (QED) is 0.853. The fourth-order valence-corrected chi connectivity index (χ4v) is 1.76. The Labute approximate surface area is 108 Å². The second kappa shape index (κ2) is 5.57. The predicted octanol–water partition coefficient (Wildman–Crippen LogP) is 1.93. The number of carbonyl (C=O) groups excluding carboxylic acids is 1. The minimum atomic E-state index is -5.02. The minimum absolute atomic E-state index is 0.00120. The molecule has 1 amide bonds. The fraction of sp³-hybridized carbons (Fsp3) is 0.727. The van der Waals surface area contributed by atoms with Crippen molar-refractivity contribution in [2.75, 3.05) is 0 Å². The number of hydrazone groups is 1. The first-order chi connectivity index (χ1) is 8.76. The highest BCUT2D eigenvalue weighted by molar-refractivity contribution is 5.91. The highest BCUT2D eigenvalue weighted by Gasteiger charge is 2.62. The van der Waals surface area contributed by atoms with E-state index >= 15 is 0 Å². The molecule has 0 spiro atoms. The first-order valence-corrected chi connectivity index (χ1v) is 5.81. The van der Waals surface area contributed by atoms with E-state index in [4.69, 9.17) is 5.26 Å². The Bertz CT molecular complexity index is 428. The van der Waals surface area contributed by atoms with Crippen LogP contribution in [0.3, 0.4) is 0 Å². The van der Waals surface area contributed by atoms with E-state index in [-0.39, 0.29) is 17.1 Å². The summed E-state index contributed by atoms with van der Waals surface area (Å²) in [5.41, 5.74) is -3.21. The van der Waals surface area contributed by atoms with E-state index < -0.39 is 30.7 Å². The number of hydrogen-bond donors (Lipinski definition) is 1. The number of amides is 1. The van der Waals surface area contributed by atoms with Gasteiger partial charge in [0.15, 0.2) is 0 Å². The SMILES string of the molecule is CCCCC1=NN(C(=O)CC#N)[C@](O)(C(F)(F)F)C1. The van der Waals surface area contributed by atoms with Crippen LogP contribution in [0.25, 0.3) is 0 Å². The van der Waals surface area contributed by atoms with E-state index in [1.54, 1.807) is 0 Å². The average Bonchev–Trinajstić information content (AvgIpc) is 2.65. The van der Waals surface area contributed by atoms with E-state index in [0.717, 1.165) is 6.42 Å². The Morgan fingerprint density at radius 2 is 2.26 bits per heavy atom. The molecule has 0 aromatic rings. The molecule has 0 bridgehead atoms. The van der Waals surface area contributed by atoms with Gasteiger partial charge in [0.05, 0.1) is 6.07 Å². The molecule has 1 rings (SSSR count). The molecular formula is C11H14F3N3O2. The molecule has 0 unspecified atom stereocenters. The maximum atomic E-state index is 12.9. The zero-order chi connectivity index (χ0) is 14.7. The Morgan fingerprint density at radius 3 is 2.74 bits per heavy atom. The van der Waals surface area contributed by atoms with Crippen LogP contribution >= 0.6 is 0 Å². The van der Waals surface area contributed by atoms with E-state index in [1.807, 2.05) is 6.92 Å². The Kier molecular flexibility index (Phi) is 4.52. The van der Waals surface area contributed by atoms with Crippen LogP contribution in [0.15, 0.2) is 5.10 Å². The first-order valence-electron chi connectivity index (χ1n) is 5.81. The number of carbonyl (C=O) groups is 1. The van der Waals surface area contributed by atoms with Gasteiger partial charge < -0.3 is 5.11 Å². The van der Waals surface area contributed by atoms with Gasteiger partial charge in [-0.1, -0.05) is 13.3 Å². The van der Waals surface area contributed by atoms with Crippen LogP contribution in [-0.2, 0) is 4.79 Å². The van der Waals surface area contributed by atoms with Crippen LogP contribution in [0.4, 0.5) is 13.2 Å². The number of nitrogens with zero attached hydrogens (tertiary/aromatic N) is 3. The number of unbranched alkanes of at least 4 members (excludes halogenated alkanes) is 1. The van der Waals surface area contributed by atoms with Gasteiger partial charge in [0.25, 0.3) is 11.6 Å². The summed E-state index contributed by atoms with van der Waals surface area (Å²) >= 11 is 0. The monoisotopic (exact) mass is 277 g/mol. The van der Waals surface area contributed by atoms with Crippen molar-refractivity contribution >= 4 is 11.6 Å². The number of alkyl halides is 3. The number of nitriles is 1. The molecule has 0 aliphatic carbocycles. The summed E-state index contributed by atoms with van der Waals surface area (Å²) in [6.07, 6.45) is -4.87. The topological polar surface area (TPSA) is 76.7 Å². The third-order valence-corrected chi connectivity index (χ3v) is 2.78. The molecule has 5 nitrogen and oxygen atoms in total. The van der Waals surface area contributed by atoms with E-state index in [9.17, 15) is 23.1 Å². The minimum Gasteiger partial charge on any atom is -0.362 e. The van der Waals surface area contributed by atoms with Gasteiger partial charge in [0, 0.05) is 12.1 Å². The van der Waals surface area contributed by atoms with E-state index in [2.05, 4.69) is 5.10 Å². The Balaban J connectivity index is 3.00. The predicted molar refractivity (Wildman–Crippen MR) is 59.7 cm³/mol. The maximum absolute atomic E-state index is 12.9. The number of aliphatic hydroxyl groups is 1. The summed E-state index contributed by atoms with van der Waals surface area (Å²) in [6, 6.07) is 1.45. The van der Waals surface area contributed by atoms with Gasteiger partial charge in [-0.25, -0.2) is 0 Å². The Morgan fingerprint density at radius 1 is 1.63 bits per heavy atom. The van der Waals surface area contributed by atoms with Crippen LogP contribution in [0.2, 0.25) is 0 Å². The number of halogens is 3. The summed E-state index contributed by atoms with van der Waals surface area (Å²) < 4.78 is 38.7. The zero-order valence-corrected chi connectivity index (χ0v) is 10.4. The van der Waals surface area contributed by atoms with Crippen molar-refractivity contribution in [2.24, 2.45) is 5.10 Å². The first kappa shape index (κ1) is 15.4. The summed E-state index contributed by atoms with van der Waals surface area (Å²) in [5, 5.41) is 21.6. The molecule has 1 atom stereocenters. The highest BCUT2D eigenvalue weighted by atomic mass is 19.4. The van der Waals surface area contributed by atoms with Crippen LogP contribution < -0.4 is 0 Å². The third kappa shape index (κ3) is 3.04. The van der Waals surface area contributed by atoms with Gasteiger partial charge in [0.2, 0.25) is 0 Å². The summed E-state index contributed by atoms with van der Waals surface area (Å²) in [4.78, 5) is 11.5. The fourth-order valence-electron chi connectivity index (χ4n) is 1.76. The number of hydrogen-bond acceptors (Lipinski definition) is 4. The lowest BCUT2D eigenvalue weighted by Gasteiger charge is -2.32. The van der Waals surface area contributed by atoms with Crippen LogP contribution in [-0.4, -0.2) is 33.6 Å². The molecule has 106 valence electrons. The van der Waals surface area contributed by atoms with Crippen molar-refractivity contribution in [3.05, 3.63) is 0 Å². The molecule has 0 aromatic heterocycles. The van der Waals surface area contributed by atoms with E-state index in [0.29, 0.717) is 6.42 Å². The highest BCUT2D eigenvalue weighted by Crippen LogP contribution is 2.41. The largest absolute Gasteiger partial charge is 0.438 e. The van der Waals surface area contributed by atoms with Crippen LogP contribution in [0.5, 0.6) is 0 Å². The van der Waals surface area contributed by atoms with Gasteiger partial charge in [-0.15, -0.1) is 0 Å². The zero-order valence-electron chi connectivity index (χ0n) is 10.4. The van der Waals surface area contributed by atoms with E-state index in [1.165, 1.54) is 6.07 Å². The lowest BCUT2D eigenvalue weighted by Crippen LogP contribution is -2.56. The lowest BCUT2D eigenvalue weighted by molar-refractivity contribution is -0.302. The van der Waals surface area contributed by atoms with Crippen molar-refractivity contribution in [1.82, 2.24) is 5.01 Å². The molecular weight excluding hydrogens is 263 g/mol. The maximum Gasteiger partial charge on any atom is 0.438 e. The third-order valence-electron chi connectivity index (χ3n) is 2.78. The molecule has 1 aliphatic rings. The van der Waals surface area contributed by atoms with Crippen molar-refractivity contribution in [3.8, 4) is 6.07 Å². The smallest absolute Gasteiger partial charge is 0.362 e. The summed E-state index contributed by atoms with van der Waals surface area (Å²) in [7, 11) is 0. The average molecular weight is 277 g/mol. The molecule has 19 heavy (non-hydrogen) atoms.